The van der Waals surface area contributed by atoms with Crippen LogP contribution in [0.25, 0.3) is 0 Å². The molecule has 1 aliphatic heterocycles. The lowest BCUT2D eigenvalue weighted by Gasteiger charge is -2.37. The number of methoxy groups -OCH3 is 1. The summed E-state index contributed by atoms with van der Waals surface area (Å²) in [5, 5.41) is 0.703. The lowest BCUT2D eigenvalue weighted by Crippen LogP contribution is -2.47. The standard InChI is InChI=1S/C26H27ClN4O2/c1-17-25-21(15-19(16-23(25)32)18-7-9-20(27)10-8-18)29-26(28-17)31-13-11-30(12-14-31)22-5-3-4-6-24(22)33-2/h3-10,19H,11-16H2,1-2H3/t19-/m0/s1. The number of ether oxygens (including phenoxy) is 1. The van der Waals surface area contributed by atoms with E-state index >= 15 is 0 Å². The Bertz CT molecular complexity index is 1170. The fraction of sp³-hybridized carbons (Fsp3) is 0.346. The van der Waals surface area contributed by atoms with E-state index in [-0.39, 0.29) is 11.7 Å². The van der Waals surface area contributed by atoms with Gasteiger partial charge in [-0.1, -0.05) is 35.9 Å². The number of para-hydroxylation sites is 2. The molecule has 0 bridgehead atoms. The Kier molecular flexibility index (Phi) is 5.94. The Morgan fingerprint density at radius 2 is 1.64 bits per heavy atom. The maximum absolute atomic E-state index is 13.0. The van der Waals surface area contributed by atoms with Gasteiger partial charge in [0.05, 0.1) is 29.7 Å². The van der Waals surface area contributed by atoms with Crippen molar-refractivity contribution in [3.05, 3.63) is 76.1 Å². The summed E-state index contributed by atoms with van der Waals surface area (Å²) >= 11 is 6.05. The minimum atomic E-state index is 0.117. The Morgan fingerprint density at radius 3 is 2.36 bits per heavy atom. The highest BCUT2D eigenvalue weighted by molar-refractivity contribution is 6.30. The van der Waals surface area contributed by atoms with Crippen LogP contribution in [0.2, 0.25) is 5.02 Å². The summed E-state index contributed by atoms with van der Waals surface area (Å²) in [6.45, 7) is 5.25. The summed E-state index contributed by atoms with van der Waals surface area (Å²) < 4.78 is 5.53. The predicted octanol–water partition coefficient (Wildman–Crippen LogP) is 4.69. The largest absolute Gasteiger partial charge is 0.495 e. The number of hydrogen-bond acceptors (Lipinski definition) is 6. The number of nitrogens with zero attached hydrogens (tertiary/aromatic N) is 4. The number of carbonyl (C=O) groups is 1. The molecule has 3 aromatic rings. The summed E-state index contributed by atoms with van der Waals surface area (Å²) in [6, 6.07) is 15.9. The second kappa shape index (κ2) is 9.02. The first-order valence-electron chi connectivity index (χ1n) is 11.3. The SMILES string of the molecule is COc1ccccc1N1CCN(c2nc(C)c3c(n2)C[C@H](c2ccc(Cl)cc2)CC3=O)CC1. The molecule has 0 amide bonds. The highest BCUT2D eigenvalue weighted by atomic mass is 35.5. The number of halogens is 1. The van der Waals surface area contributed by atoms with E-state index in [2.05, 4.69) is 15.9 Å². The van der Waals surface area contributed by atoms with E-state index in [9.17, 15) is 4.79 Å². The molecule has 170 valence electrons. The minimum absolute atomic E-state index is 0.117. The smallest absolute Gasteiger partial charge is 0.225 e. The van der Waals surface area contributed by atoms with Crippen LogP contribution in [0.15, 0.2) is 48.5 Å². The second-order valence-corrected chi connectivity index (χ2v) is 9.09. The van der Waals surface area contributed by atoms with Crippen molar-refractivity contribution in [3.63, 3.8) is 0 Å². The van der Waals surface area contributed by atoms with Crippen LogP contribution < -0.4 is 14.5 Å². The van der Waals surface area contributed by atoms with Crippen LogP contribution in [-0.2, 0) is 6.42 Å². The normalized spacial score (nSPS) is 18.3. The van der Waals surface area contributed by atoms with Crippen LogP contribution in [0.5, 0.6) is 5.75 Å². The van der Waals surface area contributed by atoms with Gasteiger partial charge < -0.3 is 14.5 Å². The molecule has 0 N–H and O–H groups in total. The molecule has 0 radical (unpaired) electrons. The van der Waals surface area contributed by atoms with Crippen LogP contribution in [0.1, 0.15) is 39.6 Å². The van der Waals surface area contributed by atoms with Crippen LogP contribution >= 0.6 is 11.6 Å². The second-order valence-electron chi connectivity index (χ2n) is 8.66. The van der Waals surface area contributed by atoms with E-state index < -0.39 is 0 Å². The molecule has 2 aromatic carbocycles. The van der Waals surface area contributed by atoms with Gasteiger partial charge in [-0.05, 0) is 49.1 Å². The Labute approximate surface area is 199 Å². The van der Waals surface area contributed by atoms with Crippen LogP contribution in [0.4, 0.5) is 11.6 Å². The number of benzene rings is 2. The number of fused-ring (bicyclic) bond motifs is 1. The summed E-state index contributed by atoms with van der Waals surface area (Å²) in [4.78, 5) is 27.2. The first-order valence-corrected chi connectivity index (χ1v) is 11.7. The van der Waals surface area contributed by atoms with Gasteiger partial charge in [-0.3, -0.25) is 4.79 Å². The number of aromatic nitrogens is 2. The van der Waals surface area contributed by atoms with Crippen molar-refractivity contribution in [2.24, 2.45) is 0 Å². The average molecular weight is 463 g/mol. The van der Waals surface area contributed by atoms with E-state index in [0.29, 0.717) is 17.0 Å². The zero-order chi connectivity index (χ0) is 22.9. The molecule has 1 atom stereocenters. The fourth-order valence-electron chi connectivity index (χ4n) is 4.91. The van der Waals surface area contributed by atoms with E-state index in [1.807, 2.05) is 49.4 Å². The minimum Gasteiger partial charge on any atom is -0.495 e. The number of piperazine rings is 1. The molecule has 1 fully saturated rings. The van der Waals surface area contributed by atoms with E-state index in [1.165, 1.54) is 0 Å². The molecular formula is C26H27ClN4O2. The molecule has 1 aliphatic carbocycles. The van der Waals surface area contributed by atoms with Gasteiger partial charge >= 0.3 is 0 Å². The summed E-state index contributed by atoms with van der Waals surface area (Å²) in [6.07, 6.45) is 1.22. The fourth-order valence-corrected chi connectivity index (χ4v) is 5.03. The third kappa shape index (κ3) is 4.27. The van der Waals surface area contributed by atoms with Gasteiger partial charge in [0.2, 0.25) is 5.95 Å². The lowest BCUT2D eigenvalue weighted by atomic mass is 9.81. The van der Waals surface area contributed by atoms with Crippen molar-refractivity contribution in [2.75, 3.05) is 43.1 Å². The van der Waals surface area contributed by atoms with Gasteiger partial charge in [-0.15, -0.1) is 0 Å². The molecule has 2 heterocycles. The van der Waals surface area contributed by atoms with Gasteiger partial charge in [-0.25, -0.2) is 9.97 Å². The Balaban J connectivity index is 1.36. The van der Waals surface area contributed by atoms with Gasteiger partial charge in [0, 0.05) is 37.6 Å². The number of Topliss-reactive ketones (excluding diaryl/α,β-unsaturated/α-hetero) is 1. The average Bonchev–Trinajstić information content (AvgIpc) is 2.84. The molecule has 1 aromatic heterocycles. The quantitative estimate of drug-likeness (QED) is 0.560. The van der Waals surface area contributed by atoms with Crippen molar-refractivity contribution < 1.29 is 9.53 Å². The number of anilines is 2. The maximum Gasteiger partial charge on any atom is 0.225 e. The Morgan fingerprint density at radius 1 is 0.939 bits per heavy atom. The van der Waals surface area contributed by atoms with Gasteiger partial charge in [0.1, 0.15) is 5.75 Å². The van der Waals surface area contributed by atoms with Crippen molar-refractivity contribution >= 4 is 29.0 Å². The molecular weight excluding hydrogens is 436 g/mol. The first-order chi connectivity index (χ1) is 16.0. The van der Waals surface area contributed by atoms with Gasteiger partial charge in [0.15, 0.2) is 5.78 Å². The molecule has 0 saturated carbocycles. The zero-order valence-corrected chi connectivity index (χ0v) is 19.7. The zero-order valence-electron chi connectivity index (χ0n) is 18.9. The number of aryl methyl sites for hydroxylation is 1. The van der Waals surface area contributed by atoms with Crippen molar-refractivity contribution in [1.82, 2.24) is 9.97 Å². The third-order valence-corrected chi connectivity index (χ3v) is 6.89. The highest BCUT2D eigenvalue weighted by Gasteiger charge is 2.31. The van der Waals surface area contributed by atoms with Crippen LogP contribution in [0.3, 0.4) is 0 Å². The number of ketones is 1. The maximum atomic E-state index is 13.0. The molecule has 33 heavy (non-hydrogen) atoms. The molecule has 5 rings (SSSR count). The van der Waals surface area contributed by atoms with Gasteiger partial charge in [0.25, 0.3) is 0 Å². The monoisotopic (exact) mass is 462 g/mol. The Hall–Kier alpha value is -3.12. The molecule has 7 heteroatoms. The molecule has 2 aliphatic rings. The number of hydrogen-bond donors (Lipinski definition) is 0. The van der Waals surface area contributed by atoms with Crippen molar-refractivity contribution in [1.29, 1.82) is 0 Å². The van der Waals surface area contributed by atoms with E-state index in [0.717, 1.165) is 66.9 Å². The van der Waals surface area contributed by atoms with E-state index in [4.69, 9.17) is 26.3 Å². The topological polar surface area (TPSA) is 58.6 Å². The summed E-state index contributed by atoms with van der Waals surface area (Å²) in [5.41, 5.74) is 4.58. The van der Waals surface area contributed by atoms with Crippen LogP contribution in [-0.4, -0.2) is 49.0 Å². The van der Waals surface area contributed by atoms with Crippen molar-refractivity contribution in [3.8, 4) is 5.75 Å². The molecule has 0 unspecified atom stereocenters. The third-order valence-electron chi connectivity index (χ3n) is 6.63. The number of rotatable bonds is 4. The highest BCUT2D eigenvalue weighted by Crippen LogP contribution is 2.35. The number of carbonyl (C=O) groups excluding carboxylic acids is 1. The lowest BCUT2D eigenvalue weighted by molar-refractivity contribution is 0.0962. The molecule has 1 saturated heterocycles. The van der Waals surface area contributed by atoms with Crippen molar-refractivity contribution in [2.45, 2.75) is 25.7 Å². The molecule has 0 spiro atoms. The summed E-state index contributed by atoms with van der Waals surface area (Å²) in [7, 11) is 1.71. The van der Waals surface area contributed by atoms with Gasteiger partial charge in [-0.2, -0.15) is 0 Å². The van der Waals surface area contributed by atoms with E-state index in [1.54, 1.807) is 7.11 Å². The first kappa shape index (κ1) is 21.7. The summed E-state index contributed by atoms with van der Waals surface area (Å²) in [5.74, 6) is 1.85. The molecule has 6 nitrogen and oxygen atoms in total. The van der Waals surface area contributed by atoms with Crippen LogP contribution in [0, 0.1) is 6.92 Å². The predicted molar refractivity (Wildman–Crippen MR) is 131 cm³/mol.